The Kier molecular flexibility index (Phi) is 3.11. The Morgan fingerprint density at radius 3 is 3.00 bits per heavy atom. The molecule has 102 valence electrons. The van der Waals surface area contributed by atoms with E-state index in [9.17, 15) is 4.79 Å². The molecule has 7 heteroatoms. The monoisotopic (exact) mass is 287 g/mol. The number of thiophene rings is 1. The summed E-state index contributed by atoms with van der Waals surface area (Å²) in [6.07, 6.45) is 3.11. The minimum absolute atomic E-state index is 0.225. The Morgan fingerprint density at radius 2 is 2.35 bits per heavy atom. The van der Waals surface area contributed by atoms with Crippen molar-refractivity contribution in [1.82, 2.24) is 19.7 Å². The van der Waals surface area contributed by atoms with Crippen molar-refractivity contribution in [2.24, 2.45) is 7.05 Å². The topological polar surface area (TPSA) is 75.6 Å². The summed E-state index contributed by atoms with van der Waals surface area (Å²) < 4.78 is 1.66. The minimum Gasteiger partial charge on any atom is -0.330 e. The standard InChI is InChI=1S/C13H13N5OS/c1-8-11(10-4-3-5-20-10)16-17-12(8)15-13(19)9-6-14-7-18(9)2/h3-7H,1-2H3,(H2,15,16,17,19). The molecule has 3 aromatic rings. The number of rotatable bonds is 3. The van der Waals surface area contributed by atoms with Gasteiger partial charge in [0.1, 0.15) is 5.69 Å². The normalized spacial score (nSPS) is 10.7. The lowest BCUT2D eigenvalue weighted by atomic mass is 10.2. The molecule has 0 fully saturated rings. The summed E-state index contributed by atoms with van der Waals surface area (Å²) in [7, 11) is 1.77. The number of aromatic amines is 1. The number of hydrogen-bond acceptors (Lipinski definition) is 4. The number of nitrogens with zero attached hydrogens (tertiary/aromatic N) is 3. The molecular formula is C13H13N5OS. The van der Waals surface area contributed by atoms with E-state index in [2.05, 4.69) is 20.5 Å². The number of aromatic nitrogens is 4. The third-order valence-corrected chi connectivity index (χ3v) is 3.95. The number of nitrogens with one attached hydrogen (secondary N) is 2. The van der Waals surface area contributed by atoms with Crippen LogP contribution in [-0.4, -0.2) is 25.7 Å². The zero-order valence-electron chi connectivity index (χ0n) is 11.0. The van der Waals surface area contributed by atoms with Gasteiger partial charge in [-0.3, -0.25) is 9.89 Å². The maximum atomic E-state index is 12.1. The van der Waals surface area contributed by atoms with E-state index in [1.807, 2.05) is 24.4 Å². The van der Waals surface area contributed by atoms with E-state index >= 15 is 0 Å². The first-order valence-electron chi connectivity index (χ1n) is 6.03. The van der Waals surface area contributed by atoms with E-state index in [0.717, 1.165) is 16.1 Å². The molecule has 0 bridgehead atoms. The molecule has 0 saturated heterocycles. The van der Waals surface area contributed by atoms with Crippen LogP contribution in [0.2, 0.25) is 0 Å². The number of carbonyl (C=O) groups excluding carboxylic acids is 1. The molecule has 3 heterocycles. The highest BCUT2D eigenvalue weighted by Gasteiger charge is 2.16. The van der Waals surface area contributed by atoms with Crippen LogP contribution in [-0.2, 0) is 7.05 Å². The van der Waals surface area contributed by atoms with Crippen molar-refractivity contribution in [3.63, 3.8) is 0 Å². The summed E-state index contributed by atoms with van der Waals surface area (Å²) in [4.78, 5) is 17.1. The molecule has 0 unspecified atom stereocenters. The van der Waals surface area contributed by atoms with E-state index in [-0.39, 0.29) is 5.91 Å². The molecule has 0 aliphatic rings. The van der Waals surface area contributed by atoms with Crippen LogP contribution in [0, 0.1) is 6.92 Å². The van der Waals surface area contributed by atoms with Crippen molar-refractivity contribution in [2.45, 2.75) is 6.92 Å². The number of imidazole rings is 1. The van der Waals surface area contributed by atoms with Gasteiger partial charge in [0.05, 0.1) is 23.1 Å². The Balaban J connectivity index is 1.86. The fourth-order valence-corrected chi connectivity index (χ4v) is 2.71. The molecule has 0 radical (unpaired) electrons. The van der Waals surface area contributed by atoms with E-state index in [1.54, 1.807) is 29.3 Å². The smallest absolute Gasteiger partial charge is 0.275 e. The van der Waals surface area contributed by atoms with Crippen molar-refractivity contribution < 1.29 is 4.79 Å². The highest BCUT2D eigenvalue weighted by molar-refractivity contribution is 7.13. The second-order valence-corrected chi connectivity index (χ2v) is 5.34. The summed E-state index contributed by atoms with van der Waals surface area (Å²) in [5.74, 6) is 0.317. The van der Waals surface area contributed by atoms with Crippen molar-refractivity contribution >= 4 is 23.1 Å². The van der Waals surface area contributed by atoms with Gasteiger partial charge in [0.2, 0.25) is 0 Å². The summed E-state index contributed by atoms with van der Waals surface area (Å²) in [6.45, 7) is 1.93. The maximum absolute atomic E-state index is 12.1. The van der Waals surface area contributed by atoms with Gasteiger partial charge in [0.15, 0.2) is 5.82 Å². The number of amides is 1. The van der Waals surface area contributed by atoms with Crippen LogP contribution < -0.4 is 5.32 Å². The van der Waals surface area contributed by atoms with Crippen LogP contribution in [0.4, 0.5) is 5.82 Å². The Labute approximate surface area is 119 Å². The average Bonchev–Trinajstić information content (AvgIpc) is 3.12. The van der Waals surface area contributed by atoms with E-state index < -0.39 is 0 Å². The summed E-state index contributed by atoms with van der Waals surface area (Å²) in [5, 5.41) is 11.9. The van der Waals surface area contributed by atoms with Crippen molar-refractivity contribution in [3.05, 3.63) is 41.3 Å². The number of aryl methyl sites for hydroxylation is 1. The molecule has 0 aliphatic heterocycles. The van der Waals surface area contributed by atoms with Gasteiger partial charge in [-0.25, -0.2) is 4.98 Å². The molecular weight excluding hydrogens is 274 g/mol. The Bertz CT molecular complexity index is 741. The lowest BCUT2D eigenvalue weighted by Crippen LogP contribution is -2.16. The van der Waals surface area contributed by atoms with Gasteiger partial charge in [-0.1, -0.05) is 6.07 Å². The number of carbonyl (C=O) groups is 1. The van der Waals surface area contributed by atoms with Gasteiger partial charge in [-0.2, -0.15) is 5.10 Å². The van der Waals surface area contributed by atoms with Gasteiger partial charge in [0.25, 0.3) is 5.91 Å². The highest BCUT2D eigenvalue weighted by Crippen LogP contribution is 2.29. The van der Waals surface area contributed by atoms with E-state index in [4.69, 9.17) is 0 Å². The quantitative estimate of drug-likeness (QED) is 0.777. The molecule has 0 aliphatic carbocycles. The van der Waals surface area contributed by atoms with Crippen LogP contribution in [0.25, 0.3) is 10.6 Å². The lowest BCUT2D eigenvalue weighted by molar-refractivity contribution is 0.101. The second kappa shape index (κ2) is 4.93. The molecule has 0 aromatic carbocycles. The minimum atomic E-state index is -0.225. The highest BCUT2D eigenvalue weighted by atomic mass is 32.1. The van der Waals surface area contributed by atoms with Gasteiger partial charge in [-0.15, -0.1) is 11.3 Å². The number of hydrogen-bond donors (Lipinski definition) is 2. The van der Waals surface area contributed by atoms with Crippen LogP contribution in [0.15, 0.2) is 30.0 Å². The SMILES string of the molecule is Cc1c(NC(=O)c2cncn2C)n[nH]c1-c1cccs1. The van der Waals surface area contributed by atoms with Crippen molar-refractivity contribution in [3.8, 4) is 10.6 Å². The first-order valence-corrected chi connectivity index (χ1v) is 6.91. The fraction of sp³-hybridized carbons (Fsp3) is 0.154. The number of anilines is 1. The fourth-order valence-electron chi connectivity index (χ4n) is 1.93. The zero-order chi connectivity index (χ0) is 14.1. The predicted octanol–water partition coefficient (Wildman–Crippen LogP) is 2.43. The maximum Gasteiger partial charge on any atom is 0.275 e. The van der Waals surface area contributed by atoms with E-state index in [0.29, 0.717) is 11.5 Å². The second-order valence-electron chi connectivity index (χ2n) is 4.39. The molecule has 0 atom stereocenters. The third-order valence-electron chi connectivity index (χ3n) is 3.06. The van der Waals surface area contributed by atoms with Gasteiger partial charge < -0.3 is 9.88 Å². The van der Waals surface area contributed by atoms with Crippen molar-refractivity contribution in [2.75, 3.05) is 5.32 Å². The van der Waals surface area contributed by atoms with Gasteiger partial charge in [-0.05, 0) is 18.4 Å². The molecule has 3 aromatic heterocycles. The van der Waals surface area contributed by atoms with Crippen LogP contribution >= 0.6 is 11.3 Å². The molecule has 3 rings (SSSR count). The third kappa shape index (κ3) is 2.12. The first-order chi connectivity index (χ1) is 9.66. The van der Waals surface area contributed by atoms with Gasteiger partial charge >= 0.3 is 0 Å². The van der Waals surface area contributed by atoms with Crippen LogP contribution in [0.5, 0.6) is 0 Å². The summed E-state index contributed by atoms with van der Waals surface area (Å²) in [5.41, 5.74) is 2.34. The summed E-state index contributed by atoms with van der Waals surface area (Å²) >= 11 is 1.62. The lowest BCUT2D eigenvalue weighted by Gasteiger charge is -2.03. The van der Waals surface area contributed by atoms with Crippen LogP contribution in [0.1, 0.15) is 16.1 Å². The molecule has 20 heavy (non-hydrogen) atoms. The number of H-pyrrole nitrogens is 1. The largest absolute Gasteiger partial charge is 0.330 e. The van der Waals surface area contributed by atoms with Gasteiger partial charge in [0, 0.05) is 12.6 Å². The molecule has 0 saturated carbocycles. The summed E-state index contributed by atoms with van der Waals surface area (Å²) in [6, 6.07) is 3.99. The molecule has 6 nitrogen and oxygen atoms in total. The zero-order valence-corrected chi connectivity index (χ0v) is 11.9. The molecule has 2 N–H and O–H groups in total. The van der Waals surface area contributed by atoms with E-state index in [1.165, 1.54) is 6.20 Å². The first kappa shape index (κ1) is 12.6. The van der Waals surface area contributed by atoms with Crippen molar-refractivity contribution in [1.29, 1.82) is 0 Å². The Hall–Kier alpha value is -2.41. The molecule has 0 spiro atoms. The predicted molar refractivity (Wildman–Crippen MR) is 77.8 cm³/mol. The molecule has 1 amide bonds. The van der Waals surface area contributed by atoms with Crippen LogP contribution in [0.3, 0.4) is 0 Å². The average molecular weight is 287 g/mol. The Morgan fingerprint density at radius 1 is 1.50 bits per heavy atom.